The maximum Gasteiger partial charge on any atom is 0.251 e. The molecule has 0 saturated heterocycles. The van der Waals surface area contributed by atoms with Gasteiger partial charge in [-0.2, -0.15) is 0 Å². The van der Waals surface area contributed by atoms with Gasteiger partial charge >= 0.3 is 0 Å². The minimum absolute atomic E-state index is 0.0875. The fourth-order valence-corrected chi connectivity index (χ4v) is 4.48. The van der Waals surface area contributed by atoms with Gasteiger partial charge < -0.3 is 20.9 Å². The molecule has 0 aliphatic rings. The number of carbonyl (C=O) groups excluding carboxylic acids is 2. The van der Waals surface area contributed by atoms with Crippen molar-refractivity contribution in [3.05, 3.63) is 78.1 Å². The first-order valence-electron chi connectivity index (χ1n) is 13.7. The maximum absolute atomic E-state index is 12.6. The lowest BCUT2D eigenvalue weighted by atomic mass is 10.1. The predicted octanol–water partition coefficient (Wildman–Crippen LogP) is 4.57. The third-order valence-corrected chi connectivity index (χ3v) is 6.76. The van der Waals surface area contributed by atoms with Gasteiger partial charge in [0.1, 0.15) is 17.8 Å². The first kappa shape index (κ1) is 28.7. The molecule has 2 amide bonds. The summed E-state index contributed by atoms with van der Waals surface area (Å²) >= 11 is 0. The summed E-state index contributed by atoms with van der Waals surface area (Å²) in [4.78, 5) is 35.7. The van der Waals surface area contributed by atoms with Crippen molar-refractivity contribution in [1.82, 2.24) is 31.1 Å². The second-order valence-electron chi connectivity index (χ2n) is 9.73. The number of H-pyrrole nitrogens is 1. The van der Waals surface area contributed by atoms with Crippen molar-refractivity contribution in [3.8, 4) is 11.3 Å². The molecular weight excluding hydrogens is 506 g/mol. The molecule has 40 heavy (non-hydrogen) atoms. The maximum atomic E-state index is 12.6. The van der Waals surface area contributed by atoms with E-state index in [9.17, 15) is 9.59 Å². The number of aromatic nitrogens is 3. The van der Waals surface area contributed by atoms with E-state index in [-0.39, 0.29) is 17.9 Å². The number of hydrogen-bond donors (Lipinski definition) is 6. The summed E-state index contributed by atoms with van der Waals surface area (Å²) in [5, 5.41) is 19.1. The first-order chi connectivity index (χ1) is 19.5. The van der Waals surface area contributed by atoms with Crippen LogP contribution in [0.15, 0.2) is 67.0 Å². The molecule has 0 aliphatic carbocycles. The zero-order valence-corrected chi connectivity index (χ0v) is 22.7. The average molecular weight is 544 g/mol. The number of unbranched alkanes of at least 4 members (excludes halogenated alkanes) is 3. The molecule has 10 heteroatoms. The van der Waals surface area contributed by atoms with E-state index in [2.05, 4.69) is 50.0 Å². The molecule has 6 N–H and O–H groups in total. The van der Waals surface area contributed by atoms with Crippen LogP contribution in [0, 0.1) is 0 Å². The summed E-state index contributed by atoms with van der Waals surface area (Å²) in [5.74, 6) is 0.312. The van der Waals surface area contributed by atoms with E-state index in [4.69, 9.17) is 5.21 Å². The van der Waals surface area contributed by atoms with Crippen LogP contribution < -0.4 is 21.4 Å². The molecule has 0 radical (unpaired) electrons. The van der Waals surface area contributed by atoms with Crippen LogP contribution in [0.3, 0.4) is 0 Å². The first-order valence-corrected chi connectivity index (χ1v) is 13.7. The van der Waals surface area contributed by atoms with E-state index in [1.54, 1.807) is 11.8 Å². The van der Waals surface area contributed by atoms with Gasteiger partial charge in [-0.3, -0.25) is 14.8 Å². The summed E-state index contributed by atoms with van der Waals surface area (Å²) in [6, 6.07) is 19.8. The summed E-state index contributed by atoms with van der Waals surface area (Å²) in [6.07, 6.45) is 5.62. The zero-order chi connectivity index (χ0) is 28.2. The Kier molecular flexibility index (Phi) is 10.6. The van der Waals surface area contributed by atoms with Crippen molar-refractivity contribution < 1.29 is 14.8 Å². The molecule has 1 unspecified atom stereocenters. The largest absolute Gasteiger partial charge is 0.363 e. The van der Waals surface area contributed by atoms with Gasteiger partial charge in [0.15, 0.2) is 0 Å². The Morgan fingerprint density at radius 3 is 2.48 bits per heavy atom. The Bertz CT molecular complexity index is 1370. The number of nitrogens with one attached hydrogen (secondary N) is 5. The molecular formula is C30H37N7O3. The molecule has 210 valence electrons. The number of carbonyl (C=O) groups is 2. The number of hydroxylamine groups is 1. The average Bonchev–Trinajstić information content (AvgIpc) is 3.44. The van der Waals surface area contributed by atoms with Crippen LogP contribution in [-0.2, 0) is 4.79 Å². The number of benzene rings is 2. The van der Waals surface area contributed by atoms with Crippen molar-refractivity contribution in [3.63, 3.8) is 0 Å². The van der Waals surface area contributed by atoms with Crippen molar-refractivity contribution in [2.45, 2.75) is 45.1 Å². The van der Waals surface area contributed by atoms with Crippen LogP contribution in [-0.4, -0.2) is 51.6 Å². The van der Waals surface area contributed by atoms with Crippen molar-refractivity contribution in [1.29, 1.82) is 0 Å². The Balaban J connectivity index is 1.23. The molecule has 0 aliphatic heterocycles. The van der Waals surface area contributed by atoms with E-state index in [1.165, 1.54) is 5.56 Å². The standard InChI is InChI=1S/C30H37N7O3/c1-21(22-9-5-4-6-10-22)35-28-25-19-26(36-29(25)34-20-33-28)23-12-14-24(15-13-23)30(39)32-18-17-31-16-8-3-2-7-11-27(38)37-40/h4-6,9-10,12-15,19-21,31,40H,2-3,7-8,11,16-18H2,1H3,(H,32,39)(H,37,38)(H2,33,34,35,36). The van der Waals surface area contributed by atoms with E-state index in [1.807, 2.05) is 48.5 Å². The molecule has 0 saturated carbocycles. The SMILES string of the molecule is CC(Nc1ncnc2[nH]c(-c3ccc(C(=O)NCCNCCCCCCC(=O)NO)cc3)cc12)c1ccccc1. The van der Waals surface area contributed by atoms with Crippen LogP contribution in [0.25, 0.3) is 22.3 Å². The molecule has 4 rings (SSSR count). The van der Waals surface area contributed by atoms with Gasteiger partial charge in [0, 0.05) is 36.8 Å². The van der Waals surface area contributed by atoms with E-state index in [0.717, 1.165) is 60.3 Å². The van der Waals surface area contributed by atoms with Crippen LogP contribution in [0.1, 0.15) is 61.0 Å². The quantitative estimate of drug-likeness (QED) is 0.0732. The van der Waals surface area contributed by atoms with Crippen LogP contribution in [0.5, 0.6) is 0 Å². The van der Waals surface area contributed by atoms with Crippen molar-refractivity contribution in [2.75, 3.05) is 25.0 Å². The second-order valence-corrected chi connectivity index (χ2v) is 9.73. The third kappa shape index (κ3) is 8.11. The van der Waals surface area contributed by atoms with Crippen molar-refractivity contribution >= 4 is 28.7 Å². The number of fused-ring (bicyclic) bond motifs is 1. The minimum atomic E-state index is -0.341. The summed E-state index contributed by atoms with van der Waals surface area (Å²) < 4.78 is 0. The molecule has 2 heterocycles. The number of rotatable bonds is 15. The molecule has 1 atom stereocenters. The molecule has 2 aromatic heterocycles. The fraction of sp³-hybridized carbons (Fsp3) is 0.333. The topological polar surface area (TPSA) is 144 Å². The Morgan fingerprint density at radius 2 is 1.70 bits per heavy atom. The van der Waals surface area contributed by atoms with Gasteiger partial charge in [-0.25, -0.2) is 15.4 Å². The summed E-state index contributed by atoms with van der Waals surface area (Å²) in [6.45, 7) is 4.18. The van der Waals surface area contributed by atoms with Gasteiger partial charge in [0.25, 0.3) is 5.91 Å². The number of nitrogens with zero attached hydrogens (tertiary/aromatic N) is 2. The lowest BCUT2D eigenvalue weighted by Gasteiger charge is -2.15. The smallest absolute Gasteiger partial charge is 0.251 e. The van der Waals surface area contributed by atoms with Gasteiger partial charge in [0.05, 0.1) is 5.39 Å². The number of amides is 2. The highest BCUT2D eigenvalue weighted by Gasteiger charge is 2.13. The second kappa shape index (κ2) is 14.8. The lowest BCUT2D eigenvalue weighted by molar-refractivity contribution is -0.129. The minimum Gasteiger partial charge on any atom is -0.363 e. The highest BCUT2D eigenvalue weighted by molar-refractivity contribution is 5.95. The Labute approximate surface area is 234 Å². The van der Waals surface area contributed by atoms with Gasteiger partial charge in [-0.15, -0.1) is 0 Å². The molecule has 0 spiro atoms. The van der Waals surface area contributed by atoms with E-state index < -0.39 is 0 Å². The van der Waals surface area contributed by atoms with E-state index >= 15 is 0 Å². The molecule has 4 aromatic rings. The summed E-state index contributed by atoms with van der Waals surface area (Å²) in [7, 11) is 0. The molecule has 2 aromatic carbocycles. The Hall–Kier alpha value is -4.28. The fourth-order valence-electron chi connectivity index (χ4n) is 4.48. The van der Waals surface area contributed by atoms with Gasteiger partial charge in [-0.1, -0.05) is 55.3 Å². The number of aromatic amines is 1. The zero-order valence-electron chi connectivity index (χ0n) is 22.7. The normalized spacial score (nSPS) is 11.8. The highest BCUT2D eigenvalue weighted by atomic mass is 16.5. The van der Waals surface area contributed by atoms with Crippen molar-refractivity contribution in [2.24, 2.45) is 0 Å². The summed E-state index contributed by atoms with van der Waals surface area (Å²) in [5.41, 5.74) is 6.02. The molecule has 0 fully saturated rings. The predicted molar refractivity (Wildman–Crippen MR) is 156 cm³/mol. The molecule has 0 bridgehead atoms. The monoisotopic (exact) mass is 543 g/mol. The highest BCUT2D eigenvalue weighted by Crippen LogP contribution is 2.29. The van der Waals surface area contributed by atoms with Gasteiger partial charge in [-0.05, 0) is 55.6 Å². The third-order valence-electron chi connectivity index (χ3n) is 6.76. The number of hydrogen-bond acceptors (Lipinski definition) is 7. The molecule has 10 nitrogen and oxygen atoms in total. The Morgan fingerprint density at radius 1 is 0.925 bits per heavy atom. The van der Waals surface area contributed by atoms with Crippen LogP contribution >= 0.6 is 0 Å². The van der Waals surface area contributed by atoms with E-state index in [0.29, 0.717) is 25.1 Å². The lowest BCUT2D eigenvalue weighted by Crippen LogP contribution is -2.32. The number of anilines is 1. The van der Waals surface area contributed by atoms with Crippen LogP contribution in [0.4, 0.5) is 5.82 Å². The van der Waals surface area contributed by atoms with Gasteiger partial charge in [0.2, 0.25) is 5.91 Å². The van der Waals surface area contributed by atoms with Crippen LogP contribution in [0.2, 0.25) is 0 Å².